The molecule has 12 heteroatoms. The summed E-state index contributed by atoms with van der Waals surface area (Å²) < 4.78 is 44.4. The highest BCUT2D eigenvalue weighted by Gasteiger charge is 2.49. The molecule has 2 bridgehead atoms. The molecule has 0 aromatic carbocycles. The van der Waals surface area contributed by atoms with Crippen molar-refractivity contribution in [1.29, 1.82) is 0 Å². The molecule has 2 unspecified atom stereocenters. The summed E-state index contributed by atoms with van der Waals surface area (Å²) in [5.41, 5.74) is -0.148. The third kappa shape index (κ3) is 4.96. The lowest BCUT2D eigenvalue weighted by atomic mass is 9.88. The number of amides is 1. The van der Waals surface area contributed by atoms with Gasteiger partial charge in [-0.3, -0.25) is 4.90 Å². The fourth-order valence-electron chi connectivity index (χ4n) is 4.56. The van der Waals surface area contributed by atoms with Gasteiger partial charge in [0.15, 0.2) is 0 Å². The first kappa shape index (κ1) is 23.9. The summed E-state index contributed by atoms with van der Waals surface area (Å²) in [5, 5.41) is 2.32. The van der Waals surface area contributed by atoms with Crippen LogP contribution in [0.2, 0.25) is 5.15 Å². The number of nitrogens with one attached hydrogen (secondary N) is 1. The molecule has 35 heavy (non-hydrogen) atoms. The highest BCUT2D eigenvalue weighted by molar-refractivity contribution is 6.30. The first-order chi connectivity index (χ1) is 16.4. The Kier molecular flexibility index (Phi) is 5.73. The molecule has 1 N–H and O–H groups in total. The summed E-state index contributed by atoms with van der Waals surface area (Å²) in [6.45, 7) is 6.90. The average Bonchev–Trinajstić information content (AvgIpc) is 3.57. The zero-order valence-corrected chi connectivity index (χ0v) is 20.3. The number of ether oxygens (including phenoxy) is 1. The second-order valence-corrected chi connectivity index (χ2v) is 10.6. The van der Waals surface area contributed by atoms with Crippen LogP contribution in [-0.2, 0) is 10.9 Å². The van der Waals surface area contributed by atoms with E-state index in [1.807, 2.05) is 37.8 Å². The Bertz CT molecular complexity index is 1140. The number of rotatable bonds is 4. The third-order valence-electron chi connectivity index (χ3n) is 6.29. The summed E-state index contributed by atoms with van der Waals surface area (Å²) >= 11 is 5.74. The molecule has 188 valence electrons. The Labute approximate surface area is 205 Å². The van der Waals surface area contributed by atoms with E-state index in [9.17, 15) is 18.0 Å². The number of aromatic nitrogens is 3. The summed E-state index contributed by atoms with van der Waals surface area (Å²) in [6, 6.07) is 3.87. The number of hydrogen-bond acceptors (Lipinski definition) is 7. The second-order valence-electron chi connectivity index (χ2n) is 10.2. The molecular formula is C23H26ClF3N6O2. The predicted molar refractivity (Wildman–Crippen MR) is 124 cm³/mol. The molecule has 2 aromatic rings. The van der Waals surface area contributed by atoms with Gasteiger partial charge in [0.1, 0.15) is 22.1 Å². The van der Waals surface area contributed by atoms with Gasteiger partial charge >= 0.3 is 12.3 Å². The Morgan fingerprint density at radius 2 is 1.83 bits per heavy atom. The molecule has 5 heterocycles. The number of carbonyl (C=O) groups is 1. The number of carbonyl (C=O) groups excluding carboxylic acids is 1. The molecule has 0 spiro atoms. The molecule has 6 rings (SSSR count). The molecule has 2 aromatic heterocycles. The van der Waals surface area contributed by atoms with Gasteiger partial charge < -0.3 is 15.0 Å². The topological polar surface area (TPSA) is 83.5 Å². The molecule has 1 amide bonds. The van der Waals surface area contributed by atoms with Crippen LogP contribution in [0.1, 0.15) is 57.2 Å². The van der Waals surface area contributed by atoms with Crippen molar-refractivity contribution in [1.82, 2.24) is 19.9 Å². The number of hydrogen-bond donors (Lipinski definition) is 1. The molecule has 3 saturated heterocycles. The number of halogens is 4. The van der Waals surface area contributed by atoms with Crippen molar-refractivity contribution in [3.63, 3.8) is 0 Å². The van der Waals surface area contributed by atoms with Gasteiger partial charge in [0.2, 0.25) is 5.95 Å². The lowest BCUT2D eigenvalue weighted by molar-refractivity contribution is -0.137. The predicted octanol–water partition coefficient (Wildman–Crippen LogP) is 5.36. The van der Waals surface area contributed by atoms with E-state index in [4.69, 9.17) is 21.3 Å². The Balaban J connectivity index is 1.31. The van der Waals surface area contributed by atoms with Gasteiger partial charge in [-0.25, -0.2) is 19.7 Å². The quantitative estimate of drug-likeness (QED) is 0.554. The number of piperidine rings is 1. The van der Waals surface area contributed by atoms with E-state index >= 15 is 0 Å². The van der Waals surface area contributed by atoms with Gasteiger partial charge in [0.05, 0.1) is 23.5 Å². The fourth-order valence-corrected chi connectivity index (χ4v) is 4.79. The van der Waals surface area contributed by atoms with Crippen LogP contribution < -0.4 is 10.2 Å². The van der Waals surface area contributed by atoms with Crippen LogP contribution in [0.25, 0.3) is 0 Å². The molecule has 4 fully saturated rings. The van der Waals surface area contributed by atoms with Gasteiger partial charge in [-0.15, -0.1) is 0 Å². The van der Waals surface area contributed by atoms with Gasteiger partial charge in [-0.1, -0.05) is 11.6 Å². The lowest BCUT2D eigenvalue weighted by Crippen LogP contribution is -2.70. The van der Waals surface area contributed by atoms with Crippen LogP contribution in [0.4, 0.5) is 35.4 Å². The molecule has 2 atom stereocenters. The van der Waals surface area contributed by atoms with E-state index in [0.717, 1.165) is 30.8 Å². The molecule has 4 aliphatic rings. The van der Waals surface area contributed by atoms with Crippen molar-refractivity contribution in [3.05, 3.63) is 34.7 Å². The molecular weight excluding hydrogens is 485 g/mol. The Morgan fingerprint density at radius 3 is 2.40 bits per heavy atom. The smallest absolute Gasteiger partial charge is 0.420 e. The van der Waals surface area contributed by atoms with Crippen LogP contribution in [-0.4, -0.2) is 56.7 Å². The summed E-state index contributed by atoms with van der Waals surface area (Å²) in [5.74, 6) is 1.05. The van der Waals surface area contributed by atoms with E-state index < -0.39 is 22.5 Å². The third-order valence-corrected chi connectivity index (χ3v) is 6.58. The van der Waals surface area contributed by atoms with E-state index in [0.29, 0.717) is 25.0 Å². The summed E-state index contributed by atoms with van der Waals surface area (Å²) in [6.07, 6.45) is -1.32. The summed E-state index contributed by atoms with van der Waals surface area (Å²) in [4.78, 5) is 29.0. The number of piperazine rings is 1. The molecule has 0 radical (unpaired) electrons. The van der Waals surface area contributed by atoms with Crippen molar-refractivity contribution < 1.29 is 22.7 Å². The van der Waals surface area contributed by atoms with Crippen LogP contribution >= 0.6 is 11.6 Å². The molecule has 1 aliphatic carbocycles. The van der Waals surface area contributed by atoms with E-state index in [-0.39, 0.29) is 30.0 Å². The van der Waals surface area contributed by atoms with Gasteiger partial charge in [0.25, 0.3) is 0 Å². The maximum absolute atomic E-state index is 13.0. The minimum absolute atomic E-state index is 0.0216. The Hall–Kier alpha value is -2.82. The minimum atomic E-state index is -4.62. The van der Waals surface area contributed by atoms with Crippen LogP contribution in [0.15, 0.2) is 18.3 Å². The SMILES string of the molecule is CC(C)(C)OC(=O)N1C2CC1CN(c1ccc(Nc3ncc(C(F)(F)F)c(Cl)n3)c(C3CC3)n1)C2. The maximum atomic E-state index is 13.0. The van der Waals surface area contributed by atoms with Crippen LogP contribution in [0.5, 0.6) is 0 Å². The zero-order chi connectivity index (χ0) is 25.1. The van der Waals surface area contributed by atoms with Gasteiger partial charge in [-0.05, 0) is 52.2 Å². The first-order valence-electron chi connectivity index (χ1n) is 11.5. The number of alkyl halides is 3. The first-order valence-corrected chi connectivity index (χ1v) is 11.9. The lowest BCUT2D eigenvalue weighted by Gasteiger charge is -2.56. The van der Waals surface area contributed by atoms with Crippen LogP contribution in [0.3, 0.4) is 0 Å². The van der Waals surface area contributed by atoms with E-state index in [1.165, 1.54) is 0 Å². The molecule has 8 nitrogen and oxygen atoms in total. The highest BCUT2D eigenvalue weighted by atomic mass is 35.5. The van der Waals surface area contributed by atoms with Crippen molar-refractivity contribution in [2.45, 2.75) is 69.8 Å². The number of fused-ring (bicyclic) bond motifs is 2. The monoisotopic (exact) mass is 510 g/mol. The van der Waals surface area contributed by atoms with Crippen molar-refractivity contribution in [2.24, 2.45) is 0 Å². The van der Waals surface area contributed by atoms with Crippen molar-refractivity contribution >= 4 is 35.1 Å². The second kappa shape index (κ2) is 8.39. The van der Waals surface area contributed by atoms with Crippen molar-refractivity contribution in [2.75, 3.05) is 23.3 Å². The average molecular weight is 511 g/mol. The fraction of sp³-hybridized carbons (Fsp3) is 0.565. The Morgan fingerprint density at radius 1 is 1.14 bits per heavy atom. The largest absolute Gasteiger partial charge is 0.444 e. The van der Waals surface area contributed by atoms with Gasteiger partial charge in [-0.2, -0.15) is 13.2 Å². The van der Waals surface area contributed by atoms with Gasteiger partial charge in [0, 0.05) is 25.2 Å². The minimum Gasteiger partial charge on any atom is -0.444 e. The van der Waals surface area contributed by atoms with E-state index in [2.05, 4.69) is 20.2 Å². The molecule has 1 saturated carbocycles. The van der Waals surface area contributed by atoms with Crippen LogP contribution in [0, 0.1) is 0 Å². The summed E-state index contributed by atoms with van der Waals surface area (Å²) in [7, 11) is 0. The standard InChI is InChI=1S/C23H26ClF3N6O2/c1-22(2,3)35-21(34)33-13-8-14(33)11-32(10-13)17-7-6-16(18(30-17)12-4-5-12)29-20-28-9-15(19(24)31-20)23(25,26)27/h6-7,9,12-14H,4-5,8,10-11H2,1-3H3,(H,28,29,31). The highest BCUT2D eigenvalue weighted by Crippen LogP contribution is 2.44. The maximum Gasteiger partial charge on any atom is 0.420 e. The molecule has 3 aliphatic heterocycles. The number of anilines is 3. The number of nitrogens with zero attached hydrogens (tertiary/aromatic N) is 5. The number of pyridine rings is 1. The zero-order valence-electron chi connectivity index (χ0n) is 19.6. The van der Waals surface area contributed by atoms with Crippen molar-refractivity contribution in [3.8, 4) is 0 Å². The normalized spacial score (nSPS) is 22.0. The van der Waals surface area contributed by atoms with E-state index in [1.54, 1.807) is 0 Å².